The molecule has 0 amide bonds. The summed E-state index contributed by atoms with van der Waals surface area (Å²) in [5.41, 5.74) is -2.26. The molecule has 0 aromatic heterocycles. The van der Waals surface area contributed by atoms with Gasteiger partial charge in [-0.1, -0.05) is 25.3 Å². The third kappa shape index (κ3) is 4.50. The van der Waals surface area contributed by atoms with Crippen LogP contribution in [0.3, 0.4) is 0 Å². The third-order valence-electron chi connectivity index (χ3n) is 7.93. The molecule has 40 heavy (non-hydrogen) atoms. The maximum Gasteiger partial charge on any atom is 0.317 e. The third-order valence-corrected chi connectivity index (χ3v) is 7.93. The lowest BCUT2D eigenvalue weighted by Gasteiger charge is -2.42. The number of carbonyl (C=O) groups is 2. The lowest BCUT2D eigenvalue weighted by atomic mass is 9.64. The standard InChI is InChI=1S/C30H36O10/c1-35-19-13-12-17(14-20(19)36-2)30(34)23-18(15-21(37-3)27(38-4)28(23)39-5)26(32)22(24(30)29(33)40-6)25(31)16-10-8-7-9-11-16/h12-16,24,32,34H,7-11H2,1-6H3. The van der Waals surface area contributed by atoms with Crippen LogP contribution in [0.2, 0.25) is 0 Å². The first-order chi connectivity index (χ1) is 19.2. The summed E-state index contributed by atoms with van der Waals surface area (Å²) in [6, 6.07) is 6.11. The predicted octanol–water partition coefficient (Wildman–Crippen LogP) is 4.19. The topological polar surface area (TPSA) is 130 Å². The van der Waals surface area contributed by atoms with E-state index in [4.69, 9.17) is 28.4 Å². The van der Waals surface area contributed by atoms with E-state index in [1.165, 1.54) is 54.8 Å². The van der Waals surface area contributed by atoms with Crippen LogP contribution in [0.5, 0.6) is 28.7 Å². The second-order valence-electron chi connectivity index (χ2n) is 9.82. The van der Waals surface area contributed by atoms with Crippen LogP contribution in [-0.4, -0.2) is 64.6 Å². The van der Waals surface area contributed by atoms with Crippen molar-refractivity contribution in [2.45, 2.75) is 37.7 Å². The maximum absolute atomic E-state index is 14.1. The number of aliphatic hydroxyl groups is 2. The van der Waals surface area contributed by atoms with Gasteiger partial charge < -0.3 is 38.6 Å². The van der Waals surface area contributed by atoms with Crippen LogP contribution in [0.4, 0.5) is 0 Å². The van der Waals surface area contributed by atoms with Crippen molar-refractivity contribution in [1.29, 1.82) is 0 Å². The Bertz CT molecular complexity index is 1320. The minimum absolute atomic E-state index is 0.00737. The molecule has 2 aliphatic rings. The zero-order valence-corrected chi connectivity index (χ0v) is 23.7. The van der Waals surface area contributed by atoms with Gasteiger partial charge in [-0.3, -0.25) is 9.59 Å². The first-order valence-electron chi connectivity index (χ1n) is 13.1. The highest BCUT2D eigenvalue weighted by Crippen LogP contribution is 2.57. The summed E-state index contributed by atoms with van der Waals surface area (Å²) < 4.78 is 32.8. The first-order valence-corrected chi connectivity index (χ1v) is 13.1. The van der Waals surface area contributed by atoms with Crippen LogP contribution in [0.15, 0.2) is 29.8 Å². The minimum Gasteiger partial charge on any atom is -0.507 e. The molecule has 1 saturated carbocycles. The van der Waals surface area contributed by atoms with Crippen molar-refractivity contribution in [3.8, 4) is 28.7 Å². The average Bonchev–Trinajstić information content (AvgIpc) is 3.00. The van der Waals surface area contributed by atoms with E-state index in [2.05, 4.69) is 0 Å². The van der Waals surface area contributed by atoms with Crippen molar-refractivity contribution in [2.24, 2.45) is 11.8 Å². The SMILES string of the molecule is COC(=O)C1C(C(=O)C2CCCCC2)=C(O)c2cc(OC)c(OC)c(OC)c2C1(O)c1ccc(OC)c(OC)c1. The molecule has 0 saturated heterocycles. The highest BCUT2D eigenvalue weighted by atomic mass is 16.5. The number of ketones is 1. The zero-order chi connectivity index (χ0) is 29.2. The van der Waals surface area contributed by atoms with Crippen molar-refractivity contribution < 1.29 is 48.2 Å². The van der Waals surface area contributed by atoms with Crippen molar-refractivity contribution in [3.05, 3.63) is 46.5 Å². The van der Waals surface area contributed by atoms with Gasteiger partial charge in [-0.2, -0.15) is 0 Å². The van der Waals surface area contributed by atoms with Gasteiger partial charge >= 0.3 is 5.97 Å². The van der Waals surface area contributed by atoms with Gasteiger partial charge in [-0.15, -0.1) is 0 Å². The van der Waals surface area contributed by atoms with E-state index >= 15 is 0 Å². The normalized spacial score (nSPS) is 20.8. The van der Waals surface area contributed by atoms with Gasteiger partial charge in [-0.25, -0.2) is 0 Å². The molecule has 2 unspecified atom stereocenters. The summed E-state index contributed by atoms with van der Waals surface area (Å²) in [4.78, 5) is 27.7. The van der Waals surface area contributed by atoms with Gasteiger partial charge in [0.15, 0.2) is 28.8 Å². The Morgan fingerprint density at radius 3 is 1.98 bits per heavy atom. The Labute approximate surface area is 233 Å². The van der Waals surface area contributed by atoms with Gasteiger partial charge in [0.1, 0.15) is 17.3 Å². The Balaban J connectivity index is 2.16. The number of carbonyl (C=O) groups excluding carboxylic acids is 2. The van der Waals surface area contributed by atoms with Crippen molar-refractivity contribution in [2.75, 3.05) is 42.7 Å². The number of methoxy groups -OCH3 is 6. The number of aliphatic hydroxyl groups excluding tert-OH is 1. The fourth-order valence-corrected chi connectivity index (χ4v) is 5.99. The van der Waals surface area contributed by atoms with E-state index in [1.54, 1.807) is 12.1 Å². The molecule has 10 nitrogen and oxygen atoms in total. The molecule has 0 bridgehead atoms. The lowest BCUT2D eigenvalue weighted by Crippen LogP contribution is -2.48. The minimum atomic E-state index is -2.28. The number of hydrogen-bond donors (Lipinski definition) is 2. The number of esters is 1. The van der Waals surface area contributed by atoms with Gasteiger partial charge in [0, 0.05) is 17.0 Å². The van der Waals surface area contributed by atoms with Crippen LogP contribution in [0.25, 0.3) is 5.76 Å². The molecule has 2 aromatic rings. The molecule has 1 fully saturated rings. The zero-order valence-electron chi connectivity index (χ0n) is 23.7. The fraction of sp³-hybridized carbons (Fsp3) is 0.467. The van der Waals surface area contributed by atoms with E-state index in [0.29, 0.717) is 18.6 Å². The van der Waals surface area contributed by atoms with Gasteiger partial charge in [0.2, 0.25) is 5.75 Å². The second kappa shape index (κ2) is 11.7. The van der Waals surface area contributed by atoms with Crippen LogP contribution in [0.1, 0.15) is 48.8 Å². The van der Waals surface area contributed by atoms with Crippen LogP contribution in [-0.2, 0) is 19.9 Å². The van der Waals surface area contributed by atoms with Crippen molar-refractivity contribution in [1.82, 2.24) is 0 Å². The Morgan fingerprint density at radius 2 is 1.43 bits per heavy atom. The van der Waals surface area contributed by atoms with E-state index in [1.807, 2.05) is 0 Å². The molecule has 4 rings (SSSR count). The molecule has 10 heteroatoms. The van der Waals surface area contributed by atoms with Gasteiger partial charge in [0.05, 0.1) is 48.2 Å². The highest BCUT2D eigenvalue weighted by Gasteiger charge is 2.57. The molecular formula is C30H36O10. The van der Waals surface area contributed by atoms with Gasteiger partial charge in [0.25, 0.3) is 0 Å². The lowest BCUT2D eigenvalue weighted by molar-refractivity contribution is -0.153. The smallest absolute Gasteiger partial charge is 0.317 e. The average molecular weight is 557 g/mol. The Hall–Kier alpha value is -3.92. The number of hydrogen-bond acceptors (Lipinski definition) is 10. The quantitative estimate of drug-likeness (QED) is 0.434. The highest BCUT2D eigenvalue weighted by molar-refractivity contribution is 6.09. The van der Waals surface area contributed by atoms with Crippen LogP contribution >= 0.6 is 0 Å². The number of benzene rings is 2. The van der Waals surface area contributed by atoms with E-state index < -0.39 is 34.9 Å². The summed E-state index contributed by atoms with van der Waals surface area (Å²) in [6.45, 7) is 0. The predicted molar refractivity (Wildman–Crippen MR) is 145 cm³/mol. The molecule has 2 aliphatic carbocycles. The van der Waals surface area contributed by atoms with Crippen LogP contribution < -0.4 is 23.7 Å². The molecular weight excluding hydrogens is 520 g/mol. The molecule has 2 aromatic carbocycles. The summed E-state index contributed by atoms with van der Waals surface area (Å²) in [6.07, 6.45) is 3.92. The Kier molecular flexibility index (Phi) is 8.48. The molecule has 0 heterocycles. The van der Waals surface area contributed by atoms with E-state index in [0.717, 1.165) is 19.3 Å². The summed E-state index contributed by atoms with van der Waals surface area (Å²) in [5, 5.41) is 24.6. The van der Waals surface area contributed by atoms with E-state index in [-0.39, 0.29) is 45.3 Å². The summed E-state index contributed by atoms with van der Waals surface area (Å²) >= 11 is 0. The fourth-order valence-electron chi connectivity index (χ4n) is 5.99. The van der Waals surface area contributed by atoms with Gasteiger partial charge in [-0.05, 0) is 36.6 Å². The molecule has 2 atom stereocenters. The molecule has 216 valence electrons. The number of fused-ring (bicyclic) bond motifs is 1. The Morgan fingerprint density at radius 1 is 0.800 bits per heavy atom. The first kappa shape index (κ1) is 29.1. The summed E-state index contributed by atoms with van der Waals surface area (Å²) in [7, 11) is 8.26. The molecule has 0 aliphatic heterocycles. The molecule has 0 spiro atoms. The monoisotopic (exact) mass is 556 g/mol. The second-order valence-corrected chi connectivity index (χ2v) is 9.82. The van der Waals surface area contributed by atoms with Crippen LogP contribution in [0, 0.1) is 11.8 Å². The van der Waals surface area contributed by atoms with E-state index in [9.17, 15) is 19.8 Å². The largest absolute Gasteiger partial charge is 0.507 e. The molecule has 2 N–H and O–H groups in total. The number of Topliss-reactive ketones (excluding diaryl/α,β-unsaturated/α-hetero) is 1. The molecule has 0 radical (unpaired) electrons. The number of rotatable bonds is 9. The number of ether oxygens (including phenoxy) is 6. The van der Waals surface area contributed by atoms with Crippen molar-refractivity contribution in [3.63, 3.8) is 0 Å². The van der Waals surface area contributed by atoms with Crippen molar-refractivity contribution >= 4 is 17.5 Å². The maximum atomic E-state index is 14.1. The summed E-state index contributed by atoms with van der Waals surface area (Å²) in [5.74, 6) is -2.85.